The Bertz CT molecular complexity index is 541. The predicted octanol–water partition coefficient (Wildman–Crippen LogP) is 2.11. The minimum absolute atomic E-state index is 0. The van der Waals surface area contributed by atoms with Crippen molar-refractivity contribution in [3.8, 4) is 0 Å². The van der Waals surface area contributed by atoms with Crippen molar-refractivity contribution in [2.75, 3.05) is 53.4 Å². The third-order valence-electron chi connectivity index (χ3n) is 5.02. The highest BCUT2D eigenvalue weighted by atomic mass is 127. The van der Waals surface area contributed by atoms with E-state index in [0.29, 0.717) is 6.54 Å². The van der Waals surface area contributed by atoms with Gasteiger partial charge in [-0.05, 0) is 45.9 Å². The van der Waals surface area contributed by atoms with Crippen molar-refractivity contribution < 1.29 is 4.52 Å². The van der Waals surface area contributed by atoms with Gasteiger partial charge >= 0.3 is 0 Å². The standard InChI is InChI=1S/C19H36N6O.HI/c1-5-17-16(18(6-2)26-23-17)15-22-19(20-3)21-9-7-11-25-12-8-10-24(4)13-14-25;/h5-15H2,1-4H3,(H2,20,21,22);1H. The Hall–Kier alpha value is -0.870. The molecule has 0 atom stereocenters. The molecule has 0 aliphatic carbocycles. The van der Waals surface area contributed by atoms with Gasteiger partial charge in [0.1, 0.15) is 5.76 Å². The van der Waals surface area contributed by atoms with Crippen molar-refractivity contribution in [2.45, 2.75) is 46.1 Å². The molecule has 27 heavy (non-hydrogen) atoms. The normalized spacial score (nSPS) is 16.7. The van der Waals surface area contributed by atoms with Crippen LogP contribution in [0.1, 0.15) is 43.7 Å². The molecule has 1 saturated heterocycles. The number of aliphatic imine (C=N–C) groups is 1. The van der Waals surface area contributed by atoms with Crippen LogP contribution in [0, 0.1) is 0 Å². The van der Waals surface area contributed by atoms with E-state index in [2.05, 4.69) is 51.5 Å². The second kappa shape index (κ2) is 13.3. The average molecular weight is 492 g/mol. The maximum absolute atomic E-state index is 5.43. The highest BCUT2D eigenvalue weighted by Gasteiger charge is 2.14. The van der Waals surface area contributed by atoms with Gasteiger partial charge in [0.2, 0.25) is 0 Å². The third kappa shape index (κ3) is 7.95. The van der Waals surface area contributed by atoms with Crippen LogP contribution in [0.4, 0.5) is 0 Å². The molecule has 2 N–H and O–H groups in total. The van der Waals surface area contributed by atoms with E-state index in [0.717, 1.165) is 49.8 Å². The van der Waals surface area contributed by atoms with Crippen LogP contribution in [0.2, 0.25) is 0 Å². The second-order valence-electron chi connectivity index (χ2n) is 6.94. The molecule has 0 spiro atoms. The van der Waals surface area contributed by atoms with Crippen molar-refractivity contribution in [3.63, 3.8) is 0 Å². The SMILES string of the molecule is CCc1noc(CC)c1CNC(=NC)NCCCN1CCCN(C)CC1.I. The van der Waals surface area contributed by atoms with Crippen LogP contribution in [-0.2, 0) is 19.4 Å². The zero-order valence-corrected chi connectivity index (χ0v) is 19.7. The summed E-state index contributed by atoms with van der Waals surface area (Å²) in [6, 6.07) is 0. The first-order chi connectivity index (χ1) is 12.7. The van der Waals surface area contributed by atoms with Crippen molar-refractivity contribution in [2.24, 2.45) is 4.99 Å². The van der Waals surface area contributed by atoms with Crippen LogP contribution in [0.3, 0.4) is 0 Å². The molecule has 0 saturated carbocycles. The Labute approximate surface area is 181 Å². The lowest BCUT2D eigenvalue weighted by Crippen LogP contribution is -2.39. The molecule has 7 nitrogen and oxygen atoms in total. The maximum atomic E-state index is 5.43. The van der Waals surface area contributed by atoms with Gasteiger partial charge < -0.3 is 25.0 Å². The smallest absolute Gasteiger partial charge is 0.191 e. The number of aromatic nitrogens is 1. The van der Waals surface area contributed by atoms with Gasteiger partial charge in [-0.2, -0.15) is 0 Å². The van der Waals surface area contributed by atoms with Crippen LogP contribution in [-0.4, -0.2) is 74.3 Å². The fourth-order valence-electron chi connectivity index (χ4n) is 3.36. The molecule has 1 aliphatic heterocycles. The maximum Gasteiger partial charge on any atom is 0.191 e. The molecule has 0 radical (unpaired) electrons. The Balaban J connectivity index is 0.00000364. The zero-order chi connectivity index (χ0) is 18.8. The first-order valence-corrected chi connectivity index (χ1v) is 9.99. The Kier molecular flexibility index (Phi) is 11.9. The topological polar surface area (TPSA) is 68.9 Å². The number of guanidine groups is 1. The second-order valence-corrected chi connectivity index (χ2v) is 6.94. The van der Waals surface area contributed by atoms with E-state index >= 15 is 0 Å². The quantitative estimate of drug-likeness (QED) is 0.251. The van der Waals surface area contributed by atoms with Crippen molar-refractivity contribution in [1.29, 1.82) is 0 Å². The number of nitrogens with one attached hydrogen (secondary N) is 2. The lowest BCUT2D eigenvalue weighted by atomic mass is 10.1. The molecule has 2 rings (SSSR count). The third-order valence-corrected chi connectivity index (χ3v) is 5.02. The molecule has 8 heteroatoms. The molecule has 0 amide bonds. The summed E-state index contributed by atoms with van der Waals surface area (Å²) in [5.74, 6) is 1.81. The molecular formula is C19H37IN6O. The monoisotopic (exact) mass is 492 g/mol. The van der Waals surface area contributed by atoms with E-state index in [9.17, 15) is 0 Å². The molecule has 1 fully saturated rings. The van der Waals surface area contributed by atoms with Crippen LogP contribution in [0.15, 0.2) is 9.52 Å². The van der Waals surface area contributed by atoms with E-state index in [1.807, 2.05) is 7.05 Å². The molecular weight excluding hydrogens is 455 g/mol. The van der Waals surface area contributed by atoms with Crippen molar-refractivity contribution in [3.05, 3.63) is 17.0 Å². The Morgan fingerprint density at radius 3 is 2.67 bits per heavy atom. The van der Waals surface area contributed by atoms with Gasteiger partial charge in [-0.3, -0.25) is 4.99 Å². The lowest BCUT2D eigenvalue weighted by Gasteiger charge is -2.20. The number of likely N-dealkylation sites (N-methyl/N-ethyl adjacent to an activating group) is 1. The number of rotatable bonds is 8. The highest BCUT2D eigenvalue weighted by Crippen LogP contribution is 2.15. The van der Waals surface area contributed by atoms with Crippen molar-refractivity contribution >= 4 is 29.9 Å². The average Bonchev–Trinajstić information content (AvgIpc) is 2.94. The molecule has 0 unspecified atom stereocenters. The minimum atomic E-state index is 0. The number of nitrogens with zero attached hydrogens (tertiary/aromatic N) is 4. The summed E-state index contributed by atoms with van der Waals surface area (Å²) >= 11 is 0. The van der Waals surface area contributed by atoms with Crippen LogP contribution in [0.5, 0.6) is 0 Å². The van der Waals surface area contributed by atoms with Gasteiger partial charge in [-0.1, -0.05) is 19.0 Å². The van der Waals surface area contributed by atoms with Gasteiger partial charge in [0.05, 0.1) is 5.69 Å². The molecule has 1 aromatic heterocycles. The zero-order valence-electron chi connectivity index (χ0n) is 17.4. The van der Waals surface area contributed by atoms with Crippen LogP contribution < -0.4 is 10.6 Å². The summed E-state index contributed by atoms with van der Waals surface area (Å²) in [5, 5.41) is 11.0. The van der Waals surface area contributed by atoms with E-state index in [1.54, 1.807) is 0 Å². The van der Waals surface area contributed by atoms with Crippen LogP contribution in [0.25, 0.3) is 0 Å². The minimum Gasteiger partial charge on any atom is -0.361 e. The van der Waals surface area contributed by atoms with E-state index in [-0.39, 0.29) is 24.0 Å². The molecule has 0 bridgehead atoms. The molecule has 156 valence electrons. The number of aryl methyl sites for hydroxylation is 2. The Morgan fingerprint density at radius 1 is 1.15 bits per heavy atom. The van der Waals surface area contributed by atoms with Gasteiger partial charge in [-0.15, -0.1) is 24.0 Å². The molecule has 2 heterocycles. The summed E-state index contributed by atoms with van der Waals surface area (Å²) in [5.41, 5.74) is 2.21. The largest absolute Gasteiger partial charge is 0.361 e. The molecule has 0 aromatic carbocycles. The summed E-state index contributed by atoms with van der Waals surface area (Å²) < 4.78 is 5.43. The van der Waals surface area contributed by atoms with Gasteiger partial charge in [-0.25, -0.2) is 0 Å². The number of hydrogen-bond acceptors (Lipinski definition) is 5. The van der Waals surface area contributed by atoms with Crippen molar-refractivity contribution in [1.82, 2.24) is 25.6 Å². The predicted molar refractivity (Wildman–Crippen MR) is 122 cm³/mol. The lowest BCUT2D eigenvalue weighted by molar-refractivity contribution is 0.274. The van der Waals surface area contributed by atoms with Crippen LogP contribution >= 0.6 is 24.0 Å². The van der Waals surface area contributed by atoms with E-state index in [4.69, 9.17) is 4.52 Å². The number of hydrogen-bond donors (Lipinski definition) is 2. The van der Waals surface area contributed by atoms with E-state index in [1.165, 1.54) is 38.2 Å². The molecule has 1 aliphatic rings. The molecule has 1 aromatic rings. The van der Waals surface area contributed by atoms with Gasteiger partial charge in [0.25, 0.3) is 0 Å². The fraction of sp³-hybridized carbons (Fsp3) is 0.789. The first-order valence-electron chi connectivity index (χ1n) is 9.99. The first kappa shape index (κ1) is 24.2. The Morgan fingerprint density at radius 2 is 1.96 bits per heavy atom. The summed E-state index contributed by atoms with van der Waals surface area (Å²) in [4.78, 5) is 9.32. The van der Waals surface area contributed by atoms with E-state index < -0.39 is 0 Å². The fourth-order valence-corrected chi connectivity index (χ4v) is 3.36. The summed E-state index contributed by atoms with van der Waals surface area (Å²) in [6.45, 7) is 11.8. The van der Waals surface area contributed by atoms with Gasteiger partial charge in [0, 0.05) is 45.2 Å². The number of halogens is 1. The summed E-state index contributed by atoms with van der Waals surface area (Å²) in [6.07, 6.45) is 4.14. The van der Waals surface area contributed by atoms with Gasteiger partial charge in [0.15, 0.2) is 5.96 Å². The summed E-state index contributed by atoms with van der Waals surface area (Å²) in [7, 11) is 4.03. The highest BCUT2D eigenvalue weighted by molar-refractivity contribution is 14.0.